The SMILES string of the molecule is CCCCOc1c(C=O)cc(C=O)c2cc(Cc3ccc(F)cc3)cnc12. The molecule has 0 bridgehead atoms. The molecule has 1 aromatic heterocycles. The number of pyridine rings is 1. The second-order valence-electron chi connectivity index (χ2n) is 6.36. The number of unbranched alkanes of at least 4 members (excludes halogenated alkanes) is 1. The highest BCUT2D eigenvalue weighted by molar-refractivity contribution is 6.03. The Bertz CT molecular complexity index is 967. The molecular weight excluding hydrogens is 345 g/mol. The van der Waals surface area contributed by atoms with Gasteiger partial charge in [-0.25, -0.2) is 4.39 Å². The molecule has 0 unspecified atom stereocenters. The lowest BCUT2D eigenvalue weighted by atomic mass is 10.00. The number of aromatic nitrogens is 1. The normalized spacial score (nSPS) is 10.7. The van der Waals surface area contributed by atoms with Crippen molar-refractivity contribution in [3.05, 3.63) is 70.7 Å². The monoisotopic (exact) mass is 365 g/mol. The van der Waals surface area contributed by atoms with Gasteiger partial charge in [0.2, 0.25) is 0 Å². The number of hydrogen-bond acceptors (Lipinski definition) is 4. The highest BCUT2D eigenvalue weighted by Gasteiger charge is 2.15. The summed E-state index contributed by atoms with van der Waals surface area (Å²) >= 11 is 0. The number of ether oxygens (including phenoxy) is 1. The Labute approximate surface area is 157 Å². The van der Waals surface area contributed by atoms with Crippen LogP contribution < -0.4 is 4.74 Å². The smallest absolute Gasteiger partial charge is 0.156 e. The van der Waals surface area contributed by atoms with E-state index in [4.69, 9.17) is 4.74 Å². The van der Waals surface area contributed by atoms with Gasteiger partial charge < -0.3 is 4.74 Å². The fourth-order valence-electron chi connectivity index (χ4n) is 2.95. The quantitative estimate of drug-likeness (QED) is 0.426. The third-order valence-corrected chi connectivity index (χ3v) is 4.36. The number of carbonyl (C=O) groups excluding carboxylic acids is 2. The van der Waals surface area contributed by atoms with Crippen LogP contribution in [0.3, 0.4) is 0 Å². The second kappa shape index (κ2) is 8.54. The topological polar surface area (TPSA) is 56.3 Å². The van der Waals surface area contributed by atoms with E-state index in [1.165, 1.54) is 18.2 Å². The van der Waals surface area contributed by atoms with E-state index < -0.39 is 0 Å². The van der Waals surface area contributed by atoms with Crippen molar-refractivity contribution in [2.24, 2.45) is 0 Å². The van der Waals surface area contributed by atoms with Crippen LogP contribution in [0.25, 0.3) is 10.9 Å². The van der Waals surface area contributed by atoms with Gasteiger partial charge in [0.1, 0.15) is 11.3 Å². The molecule has 0 spiro atoms. The van der Waals surface area contributed by atoms with Crippen molar-refractivity contribution in [3.8, 4) is 5.75 Å². The number of carbonyl (C=O) groups is 2. The summed E-state index contributed by atoms with van der Waals surface area (Å²) in [4.78, 5) is 27.5. The van der Waals surface area contributed by atoms with Crippen LogP contribution >= 0.6 is 0 Å². The van der Waals surface area contributed by atoms with Gasteiger partial charge in [-0.3, -0.25) is 14.6 Å². The number of fused-ring (bicyclic) bond motifs is 1. The molecule has 0 saturated carbocycles. The first-order chi connectivity index (χ1) is 13.2. The van der Waals surface area contributed by atoms with Gasteiger partial charge in [0, 0.05) is 17.1 Å². The molecule has 5 heteroatoms. The van der Waals surface area contributed by atoms with E-state index in [0.717, 1.165) is 24.0 Å². The zero-order valence-electron chi connectivity index (χ0n) is 15.1. The molecule has 3 rings (SSSR count). The average molecular weight is 365 g/mol. The Hall–Kier alpha value is -3.08. The number of hydrogen-bond donors (Lipinski definition) is 0. The Morgan fingerprint density at radius 1 is 1.04 bits per heavy atom. The van der Waals surface area contributed by atoms with E-state index in [0.29, 0.717) is 53.4 Å². The summed E-state index contributed by atoms with van der Waals surface area (Å²) in [6.45, 7) is 2.53. The fraction of sp³-hybridized carbons (Fsp3) is 0.227. The predicted octanol–water partition coefficient (Wildman–Crippen LogP) is 4.77. The summed E-state index contributed by atoms with van der Waals surface area (Å²) in [6.07, 6.45) is 5.48. The lowest BCUT2D eigenvalue weighted by Crippen LogP contribution is -2.03. The Morgan fingerprint density at radius 2 is 1.78 bits per heavy atom. The Balaban J connectivity index is 2.04. The summed E-state index contributed by atoms with van der Waals surface area (Å²) < 4.78 is 18.9. The molecule has 1 heterocycles. The second-order valence-corrected chi connectivity index (χ2v) is 6.36. The fourth-order valence-corrected chi connectivity index (χ4v) is 2.95. The van der Waals surface area contributed by atoms with Crippen LogP contribution in [-0.4, -0.2) is 24.2 Å². The standard InChI is InChI=1S/C22H20FNO3/c1-2-3-8-27-22-18(14-26)11-17(13-25)20-10-16(12-24-21(20)22)9-15-4-6-19(23)7-5-15/h4-7,10-14H,2-3,8-9H2,1H3. The number of aldehydes is 2. The largest absolute Gasteiger partial charge is 0.491 e. The van der Waals surface area contributed by atoms with Crippen molar-refractivity contribution in [1.82, 2.24) is 4.98 Å². The van der Waals surface area contributed by atoms with Crippen LogP contribution in [0, 0.1) is 5.82 Å². The van der Waals surface area contributed by atoms with Gasteiger partial charge in [-0.05, 0) is 48.2 Å². The van der Waals surface area contributed by atoms with Crippen molar-refractivity contribution in [3.63, 3.8) is 0 Å². The average Bonchev–Trinajstić information content (AvgIpc) is 2.69. The molecule has 0 aliphatic carbocycles. The van der Waals surface area contributed by atoms with Gasteiger partial charge in [-0.15, -0.1) is 0 Å². The van der Waals surface area contributed by atoms with E-state index in [2.05, 4.69) is 11.9 Å². The zero-order valence-corrected chi connectivity index (χ0v) is 15.1. The molecule has 0 fully saturated rings. The van der Waals surface area contributed by atoms with Crippen LogP contribution in [0.15, 0.2) is 42.6 Å². The summed E-state index contributed by atoms with van der Waals surface area (Å²) in [7, 11) is 0. The van der Waals surface area contributed by atoms with Gasteiger partial charge in [0.05, 0.1) is 12.2 Å². The van der Waals surface area contributed by atoms with Crippen molar-refractivity contribution < 1.29 is 18.7 Å². The predicted molar refractivity (Wildman–Crippen MR) is 102 cm³/mol. The summed E-state index contributed by atoms with van der Waals surface area (Å²) in [5, 5.41) is 0.640. The van der Waals surface area contributed by atoms with Crippen molar-refractivity contribution in [1.29, 1.82) is 0 Å². The molecule has 0 aliphatic rings. The molecular formula is C22H20FNO3. The zero-order chi connectivity index (χ0) is 19.2. The molecule has 2 aromatic carbocycles. The van der Waals surface area contributed by atoms with E-state index in [9.17, 15) is 14.0 Å². The van der Waals surface area contributed by atoms with Gasteiger partial charge in [-0.2, -0.15) is 0 Å². The van der Waals surface area contributed by atoms with Crippen LogP contribution in [0.2, 0.25) is 0 Å². The van der Waals surface area contributed by atoms with E-state index in [-0.39, 0.29) is 5.82 Å². The first-order valence-corrected chi connectivity index (χ1v) is 8.89. The van der Waals surface area contributed by atoms with Crippen LogP contribution in [0.4, 0.5) is 4.39 Å². The molecule has 0 aliphatic heterocycles. The van der Waals surface area contributed by atoms with E-state index >= 15 is 0 Å². The maximum atomic E-state index is 13.1. The Kier molecular flexibility index (Phi) is 5.91. The minimum absolute atomic E-state index is 0.283. The lowest BCUT2D eigenvalue weighted by Gasteiger charge is -2.13. The van der Waals surface area contributed by atoms with Crippen molar-refractivity contribution in [2.75, 3.05) is 6.61 Å². The van der Waals surface area contributed by atoms with Crippen LogP contribution in [0.5, 0.6) is 5.75 Å². The molecule has 0 saturated heterocycles. The first-order valence-electron chi connectivity index (χ1n) is 8.89. The van der Waals surface area contributed by atoms with Crippen molar-refractivity contribution in [2.45, 2.75) is 26.2 Å². The third-order valence-electron chi connectivity index (χ3n) is 4.36. The summed E-state index contributed by atoms with van der Waals surface area (Å²) in [6, 6.07) is 9.67. The van der Waals surface area contributed by atoms with E-state index in [1.807, 2.05) is 6.07 Å². The van der Waals surface area contributed by atoms with Crippen LogP contribution in [0.1, 0.15) is 51.6 Å². The van der Waals surface area contributed by atoms with Gasteiger partial charge in [0.25, 0.3) is 0 Å². The highest BCUT2D eigenvalue weighted by Crippen LogP contribution is 2.31. The number of benzene rings is 2. The molecule has 0 N–H and O–H groups in total. The number of rotatable bonds is 8. The number of halogens is 1. The number of nitrogens with zero attached hydrogens (tertiary/aromatic N) is 1. The lowest BCUT2D eigenvalue weighted by molar-refractivity contribution is 0.111. The molecule has 0 radical (unpaired) electrons. The maximum Gasteiger partial charge on any atom is 0.156 e. The van der Waals surface area contributed by atoms with Crippen molar-refractivity contribution >= 4 is 23.5 Å². The highest BCUT2D eigenvalue weighted by atomic mass is 19.1. The molecule has 138 valence electrons. The molecule has 0 amide bonds. The summed E-state index contributed by atoms with van der Waals surface area (Å²) in [5.74, 6) is 0.126. The third kappa shape index (κ3) is 4.19. The van der Waals surface area contributed by atoms with E-state index in [1.54, 1.807) is 18.3 Å². The van der Waals surface area contributed by atoms with Gasteiger partial charge in [-0.1, -0.05) is 25.5 Å². The minimum atomic E-state index is -0.283. The maximum absolute atomic E-state index is 13.1. The molecule has 4 nitrogen and oxygen atoms in total. The van der Waals surface area contributed by atoms with Crippen LogP contribution in [-0.2, 0) is 6.42 Å². The summed E-state index contributed by atoms with van der Waals surface area (Å²) in [5.41, 5.74) is 3.04. The Morgan fingerprint density at radius 3 is 2.44 bits per heavy atom. The molecule has 27 heavy (non-hydrogen) atoms. The molecule has 0 atom stereocenters. The van der Waals surface area contributed by atoms with Gasteiger partial charge in [0.15, 0.2) is 18.3 Å². The minimum Gasteiger partial charge on any atom is -0.491 e. The molecule has 3 aromatic rings. The first kappa shape index (κ1) is 18.7. The van der Waals surface area contributed by atoms with Gasteiger partial charge >= 0.3 is 0 Å².